The van der Waals surface area contributed by atoms with Crippen molar-refractivity contribution >= 4 is 17.9 Å². The normalized spacial score (nSPS) is 19.3. The Morgan fingerprint density at radius 1 is 1.18 bits per heavy atom. The van der Waals surface area contributed by atoms with Gasteiger partial charge < -0.3 is 28.3 Å². The summed E-state index contributed by atoms with van der Waals surface area (Å²) in [4.78, 5) is 35.2. The molecule has 10 nitrogen and oxygen atoms in total. The highest BCUT2D eigenvalue weighted by Gasteiger charge is 2.35. The monoisotopic (exact) mass is 455 g/mol. The van der Waals surface area contributed by atoms with Crippen LogP contribution in [0.3, 0.4) is 0 Å². The highest BCUT2D eigenvalue weighted by molar-refractivity contribution is 5.80. The van der Waals surface area contributed by atoms with E-state index >= 15 is 0 Å². The zero-order valence-corrected chi connectivity index (χ0v) is 19.2. The second-order valence-corrected chi connectivity index (χ2v) is 9.34. The van der Waals surface area contributed by atoms with Gasteiger partial charge in [-0.15, -0.1) is 0 Å². The Bertz CT molecular complexity index is 1020. The van der Waals surface area contributed by atoms with Crippen molar-refractivity contribution in [1.29, 1.82) is 5.26 Å². The van der Waals surface area contributed by atoms with Gasteiger partial charge in [-0.2, -0.15) is 10.2 Å². The molecule has 0 spiro atoms. The third-order valence-electron chi connectivity index (χ3n) is 5.75. The summed E-state index contributed by atoms with van der Waals surface area (Å²) in [5, 5.41) is 9.47. The Hall–Kier alpha value is -3.48. The first-order chi connectivity index (χ1) is 15.7. The molecule has 2 fully saturated rings. The van der Waals surface area contributed by atoms with E-state index in [-0.39, 0.29) is 29.5 Å². The number of carbonyl (C=O) groups excluding carboxylic acids is 2. The standard InChI is InChI=1S/C23H29N5O5/c1-23(2,3)33-22(30)28-8-4-6-16(15-28)20(29)26-9-11-27(12-10-26)21-17(14-24)25-19(32-21)18-7-5-13-31-18/h5,7,13,16H,4,6,8-12,15H2,1-3H3. The molecule has 0 aliphatic carbocycles. The number of furan rings is 1. The summed E-state index contributed by atoms with van der Waals surface area (Å²) in [5.41, 5.74) is -0.370. The number of carbonyl (C=O) groups is 2. The third-order valence-corrected chi connectivity index (χ3v) is 5.75. The highest BCUT2D eigenvalue weighted by atomic mass is 16.6. The summed E-state index contributed by atoms with van der Waals surface area (Å²) in [5.74, 6) is 0.929. The lowest BCUT2D eigenvalue weighted by Crippen LogP contribution is -2.53. The second-order valence-electron chi connectivity index (χ2n) is 9.34. The summed E-state index contributed by atoms with van der Waals surface area (Å²) in [6, 6.07) is 5.52. The van der Waals surface area contributed by atoms with E-state index in [1.165, 1.54) is 6.26 Å². The molecule has 0 N–H and O–H groups in total. The van der Waals surface area contributed by atoms with E-state index in [9.17, 15) is 14.9 Å². The van der Waals surface area contributed by atoms with Gasteiger partial charge in [0.1, 0.15) is 11.7 Å². The van der Waals surface area contributed by atoms with Crippen LogP contribution in [0.1, 0.15) is 39.3 Å². The topological polar surface area (TPSA) is 116 Å². The van der Waals surface area contributed by atoms with Gasteiger partial charge in [0.2, 0.25) is 17.5 Å². The molecule has 2 aliphatic heterocycles. The van der Waals surface area contributed by atoms with Crippen LogP contribution in [-0.4, -0.2) is 71.7 Å². The van der Waals surface area contributed by atoms with E-state index in [2.05, 4.69) is 11.1 Å². The number of rotatable bonds is 3. The third kappa shape index (κ3) is 5.13. The Balaban J connectivity index is 1.36. The van der Waals surface area contributed by atoms with E-state index in [0.29, 0.717) is 50.9 Å². The van der Waals surface area contributed by atoms with Gasteiger partial charge in [-0.3, -0.25) is 4.79 Å². The SMILES string of the molecule is CC(C)(C)OC(=O)N1CCCC(C(=O)N2CCN(c3oc(-c4ccco4)nc3C#N)CC2)C1. The Morgan fingerprint density at radius 3 is 2.58 bits per heavy atom. The van der Waals surface area contributed by atoms with Gasteiger partial charge in [-0.25, -0.2) is 4.79 Å². The quantitative estimate of drug-likeness (QED) is 0.693. The van der Waals surface area contributed by atoms with Crippen molar-refractivity contribution in [1.82, 2.24) is 14.8 Å². The first-order valence-electron chi connectivity index (χ1n) is 11.2. The minimum atomic E-state index is -0.565. The van der Waals surface area contributed by atoms with E-state index in [1.807, 2.05) is 30.6 Å². The van der Waals surface area contributed by atoms with Crippen molar-refractivity contribution in [3.05, 3.63) is 24.1 Å². The minimum absolute atomic E-state index is 0.0530. The summed E-state index contributed by atoms with van der Waals surface area (Å²) in [6.07, 6.45) is 2.68. The maximum atomic E-state index is 13.2. The number of piperidine rings is 1. The maximum absolute atomic E-state index is 13.2. The maximum Gasteiger partial charge on any atom is 0.410 e. The van der Waals surface area contributed by atoms with Crippen molar-refractivity contribution in [2.45, 2.75) is 39.2 Å². The van der Waals surface area contributed by atoms with Crippen LogP contribution in [0.4, 0.5) is 10.7 Å². The fourth-order valence-electron chi connectivity index (χ4n) is 4.16. The summed E-state index contributed by atoms with van der Waals surface area (Å²) in [6.45, 7) is 8.54. The molecule has 4 rings (SSSR count). The van der Waals surface area contributed by atoms with Crippen molar-refractivity contribution in [2.24, 2.45) is 5.92 Å². The number of piperazine rings is 1. The molecular weight excluding hydrogens is 426 g/mol. The number of oxazole rings is 1. The molecule has 4 heterocycles. The highest BCUT2D eigenvalue weighted by Crippen LogP contribution is 2.29. The molecule has 1 unspecified atom stereocenters. The van der Waals surface area contributed by atoms with Crippen molar-refractivity contribution in [3.8, 4) is 17.7 Å². The van der Waals surface area contributed by atoms with Crippen LogP contribution in [-0.2, 0) is 9.53 Å². The molecule has 0 bridgehead atoms. The van der Waals surface area contributed by atoms with E-state index in [1.54, 1.807) is 17.0 Å². The van der Waals surface area contributed by atoms with Gasteiger partial charge in [0.05, 0.1) is 12.2 Å². The molecule has 176 valence electrons. The van der Waals surface area contributed by atoms with Crippen molar-refractivity contribution < 1.29 is 23.2 Å². The average molecular weight is 456 g/mol. The number of hydrogen-bond donors (Lipinski definition) is 0. The largest absolute Gasteiger partial charge is 0.459 e. The molecule has 2 saturated heterocycles. The fraction of sp³-hybridized carbons (Fsp3) is 0.565. The van der Waals surface area contributed by atoms with Crippen LogP contribution < -0.4 is 4.90 Å². The number of ether oxygens (including phenoxy) is 1. The van der Waals surface area contributed by atoms with Gasteiger partial charge in [0.25, 0.3) is 5.89 Å². The smallest absolute Gasteiger partial charge is 0.410 e. The Morgan fingerprint density at radius 2 is 1.94 bits per heavy atom. The molecule has 10 heteroatoms. The predicted octanol–water partition coefficient (Wildman–Crippen LogP) is 3.10. The van der Waals surface area contributed by atoms with Crippen LogP contribution in [0.5, 0.6) is 0 Å². The molecule has 1 atom stereocenters. The molecule has 2 aliphatic rings. The van der Waals surface area contributed by atoms with Crippen LogP contribution in [0.15, 0.2) is 27.2 Å². The number of amides is 2. The minimum Gasteiger partial charge on any atom is -0.459 e. The summed E-state index contributed by atoms with van der Waals surface area (Å²) in [7, 11) is 0. The predicted molar refractivity (Wildman–Crippen MR) is 118 cm³/mol. The fourth-order valence-corrected chi connectivity index (χ4v) is 4.16. The molecule has 2 aromatic heterocycles. The summed E-state index contributed by atoms with van der Waals surface area (Å²) >= 11 is 0. The lowest BCUT2D eigenvalue weighted by molar-refractivity contribution is -0.137. The Labute approximate surface area is 192 Å². The van der Waals surface area contributed by atoms with E-state index in [4.69, 9.17) is 13.6 Å². The van der Waals surface area contributed by atoms with E-state index in [0.717, 1.165) is 12.8 Å². The summed E-state index contributed by atoms with van der Waals surface area (Å²) < 4.78 is 16.6. The van der Waals surface area contributed by atoms with Crippen LogP contribution in [0.25, 0.3) is 11.7 Å². The number of nitriles is 1. The first kappa shape index (κ1) is 22.7. The molecular formula is C23H29N5O5. The van der Waals surface area contributed by atoms with Crippen LogP contribution >= 0.6 is 0 Å². The molecule has 0 saturated carbocycles. The van der Waals surface area contributed by atoms with Crippen LogP contribution in [0.2, 0.25) is 0 Å². The molecule has 33 heavy (non-hydrogen) atoms. The van der Waals surface area contributed by atoms with Gasteiger partial charge in [0, 0.05) is 39.3 Å². The Kier molecular flexibility index (Phi) is 6.31. The number of anilines is 1. The number of nitrogens with zero attached hydrogens (tertiary/aromatic N) is 5. The lowest BCUT2D eigenvalue weighted by Gasteiger charge is -2.39. The lowest BCUT2D eigenvalue weighted by atomic mass is 9.96. The second kappa shape index (κ2) is 9.17. The molecule has 2 aromatic rings. The van der Waals surface area contributed by atoms with Gasteiger partial charge in [-0.1, -0.05) is 0 Å². The molecule has 0 aromatic carbocycles. The zero-order valence-electron chi connectivity index (χ0n) is 19.2. The number of aromatic nitrogens is 1. The van der Waals surface area contributed by atoms with Crippen LogP contribution in [0, 0.1) is 17.2 Å². The zero-order chi connectivity index (χ0) is 23.6. The van der Waals surface area contributed by atoms with Crippen molar-refractivity contribution in [2.75, 3.05) is 44.2 Å². The van der Waals surface area contributed by atoms with Gasteiger partial charge >= 0.3 is 6.09 Å². The van der Waals surface area contributed by atoms with Crippen molar-refractivity contribution in [3.63, 3.8) is 0 Å². The average Bonchev–Trinajstić information content (AvgIpc) is 3.47. The van der Waals surface area contributed by atoms with Gasteiger partial charge in [-0.05, 0) is 45.7 Å². The van der Waals surface area contributed by atoms with E-state index < -0.39 is 5.60 Å². The number of hydrogen-bond acceptors (Lipinski definition) is 8. The first-order valence-corrected chi connectivity index (χ1v) is 11.2. The molecule has 2 amide bonds. The number of likely N-dealkylation sites (tertiary alicyclic amines) is 1. The molecule has 0 radical (unpaired) electrons. The van der Waals surface area contributed by atoms with Gasteiger partial charge in [0.15, 0.2) is 5.76 Å².